The van der Waals surface area contributed by atoms with E-state index in [1.807, 2.05) is 0 Å². The van der Waals surface area contributed by atoms with Gasteiger partial charge in [-0.25, -0.2) is 18.2 Å². The number of sulfone groups is 1. The number of hydrogen-bond donors (Lipinski definition) is 2. The topological polar surface area (TPSA) is 117 Å². The van der Waals surface area contributed by atoms with E-state index in [4.69, 9.17) is 5.11 Å². The minimum Gasteiger partial charge on any atom is -0.477 e. The Morgan fingerprint density at radius 2 is 2.24 bits per heavy atom. The third-order valence-corrected chi connectivity index (χ3v) is 4.44. The summed E-state index contributed by atoms with van der Waals surface area (Å²) in [4.78, 5) is 28.1. The van der Waals surface area contributed by atoms with E-state index in [-0.39, 0.29) is 23.2 Å². The van der Waals surface area contributed by atoms with Crippen molar-refractivity contribution in [2.75, 3.05) is 11.5 Å². The first-order valence-corrected chi connectivity index (χ1v) is 6.74. The third kappa shape index (κ3) is 2.36. The molecule has 7 nitrogen and oxygen atoms in total. The van der Waals surface area contributed by atoms with Crippen LogP contribution in [0.2, 0.25) is 0 Å². The van der Waals surface area contributed by atoms with E-state index in [1.54, 1.807) is 0 Å². The second-order valence-corrected chi connectivity index (χ2v) is 6.15. The van der Waals surface area contributed by atoms with E-state index in [9.17, 15) is 18.0 Å². The molecule has 0 spiro atoms. The molecule has 0 aliphatic carbocycles. The van der Waals surface area contributed by atoms with Gasteiger partial charge in [0.15, 0.2) is 9.84 Å². The van der Waals surface area contributed by atoms with Gasteiger partial charge in [-0.1, -0.05) is 0 Å². The first kappa shape index (κ1) is 11.8. The molecule has 1 atom stereocenters. The highest BCUT2D eigenvalue weighted by atomic mass is 32.2. The largest absolute Gasteiger partial charge is 0.477 e. The summed E-state index contributed by atoms with van der Waals surface area (Å²) in [6, 6.07) is 0. The number of nitrogens with one attached hydrogen (secondary N) is 1. The number of H-pyrrole nitrogens is 1. The van der Waals surface area contributed by atoms with Gasteiger partial charge in [-0.15, -0.1) is 0 Å². The predicted octanol–water partition coefficient (Wildman–Crippen LogP) is -0.630. The summed E-state index contributed by atoms with van der Waals surface area (Å²) in [6.07, 6.45) is 1.36. The SMILES string of the molecule is O=C(O)c1cnc(C2CCS(=O)(=O)C2)[nH]c1=O. The Balaban J connectivity index is 2.34. The molecule has 1 aromatic rings. The Morgan fingerprint density at radius 3 is 2.71 bits per heavy atom. The average molecular weight is 258 g/mol. The minimum absolute atomic E-state index is 0.0532. The third-order valence-electron chi connectivity index (χ3n) is 2.67. The van der Waals surface area contributed by atoms with Gasteiger partial charge in [-0.3, -0.25) is 4.79 Å². The quantitative estimate of drug-likeness (QED) is 0.729. The molecule has 17 heavy (non-hydrogen) atoms. The number of aromatic amines is 1. The second-order valence-electron chi connectivity index (χ2n) is 3.92. The van der Waals surface area contributed by atoms with Crippen LogP contribution in [0.5, 0.6) is 0 Å². The Hall–Kier alpha value is -1.70. The van der Waals surface area contributed by atoms with Crippen LogP contribution in [0.25, 0.3) is 0 Å². The number of carboxylic acid groups (broad SMARTS) is 1. The highest BCUT2D eigenvalue weighted by Gasteiger charge is 2.30. The van der Waals surface area contributed by atoms with Crippen molar-refractivity contribution >= 4 is 15.8 Å². The van der Waals surface area contributed by atoms with E-state index in [2.05, 4.69) is 9.97 Å². The van der Waals surface area contributed by atoms with Crippen molar-refractivity contribution in [3.05, 3.63) is 27.9 Å². The lowest BCUT2D eigenvalue weighted by Crippen LogP contribution is -2.21. The van der Waals surface area contributed by atoms with E-state index in [0.29, 0.717) is 6.42 Å². The van der Waals surface area contributed by atoms with Crippen LogP contribution in [0.4, 0.5) is 0 Å². The van der Waals surface area contributed by atoms with E-state index in [0.717, 1.165) is 6.20 Å². The van der Waals surface area contributed by atoms with Gasteiger partial charge in [0.1, 0.15) is 11.4 Å². The molecule has 2 N–H and O–H groups in total. The maximum Gasteiger partial charge on any atom is 0.342 e. The van der Waals surface area contributed by atoms with Crippen molar-refractivity contribution in [2.24, 2.45) is 0 Å². The van der Waals surface area contributed by atoms with E-state index >= 15 is 0 Å². The summed E-state index contributed by atoms with van der Waals surface area (Å²) in [7, 11) is -3.06. The van der Waals surface area contributed by atoms with Crippen molar-refractivity contribution in [1.29, 1.82) is 0 Å². The van der Waals surface area contributed by atoms with Crippen molar-refractivity contribution in [3.63, 3.8) is 0 Å². The van der Waals surface area contributed by atoms with Crippen LogP contribution in [0.15, 0.2) is 11.0 Å². The van der Waals surface area contributed by atoms with Crippen molar-refractivity contribution < 1.29 is 18.3 Å². The normalized spacial score (nSPS) is 22.5. The standard InChI is InChI=1S/C9H10N2O5S/c12-8-6(9(13)14)3-10-7(11-8)5-1-2-17(15,16)4-5/h3,5H,1-2,4H2,(H,13,14)(H,10,11,12). The van der Waals surface area contributed by atoms with Crippen LogP contribution in [-0.4, -0.2) is 41.0 Å². The fraction of sp³-hybridized carbons (Fsp3) is 0.444. The second kappa shape index (κ2) is 3.95. The molecule has 2 heterocycles. The molecule has 1 aromatic heterocycles. The molecule has 0 saturated carbocycles. The molecule has 1 unspecified atom stereocenters. The fourth-order valence-electron chi connectivity index (χ4n) is 1.78. The molecule has 8 heteroatoms. The number of aromatic carboxylic acids is 1. The average Bonchev–Trinajstić information content (AvgIpc) is 2.58. The number of carboxylic acids is 1. The number of rotatable bonds is 2. The van der Waals surface area contributed by atoms with Crippen LogP contribution in [-0.2, 0) is 9.84 Å². The van der Waals surface area contributed by atoms with Crippen LogP contribution >= 0.6 is 0 Å². The minimum atomic E-state index is -3.06. The zero-order valence-corrected chi connectivity index (χ0v) is 9.53. The highest BCUT2D eigenvalue weighted by molar-refractivity contribution is 7.91. The molecule has 0 bridgehead atoms. The molecule has 1 aliphatic rings. The summed E-state index contributed by atoms with van der Waals surface area (Å²) in [5.74, 6) is -1.45. The number of aromatic nitrogens is 2. The molecule has 0 radical (unpaired) electrons. The van der Waals surface area contributed by atoms with Crippen LogP contribution in [0.1, 0.15) is 28.5 Å². The monoisotopic (exact) mass is 258 g/mol. The molecule has 1 fully saturated rings. The molecule has 1 saturated heterocycles. The van der Waals surface area contributed by atoms with Crippen molar-refractivity contribution in [1.82, 2.24) is 9.97 Å². The summed E-state index contributed by atoms with van der Waals surface area (Å²) in [5, 5.41) is 8.65. The first-order valence-electron chi connectivity index (χ1n) is 4.92. The van der Waals surface area contributed by atoms with Crippen LogP contribution < -0.4 is 5.56 Å². The van der Waals surface area contributed by atoms with Gasteiger partial charge in [-0.2, -0.15) is 0 Å². The molecule has 1 aliphatic heterocycles. The smallest absolute Gasteiger partial charge is 0.342 e. The van der Waals surface area contributed by atoms with Crippen molar-refractivity contribution in [2.45, 2.75) is 12.3 Å². The number of hydrogen-bond acceptors (Lipinski definition) is 5. The van der Waals surface area contributed by atoms with Crippen LogP contribution in [0, 0.1) is 0 Å². The van der Waals surface area contributed by atoms with E-state index in [1.165, 1.54) is 0 Å². The first-order chi connectivity index (χ1) is 7.89. The van der Waals surface area contributed by atoms with Gasteiger partial charge < -0.3 is 10.1 Å². The number of nitrogens with zero attached hydrogens (tertiary/aromatic N) is 1. The Bertz CT molecular complexity index is 619. The van der Waals surface area contributed by atoms with Gasteiger partial charge in [0, 0.05) is 12.1 Å². The van der Waals surface area contributed by atoms with Gasteiger partial charge in [0.25, 0.3) is 5.56 Å². The summed E-state index contributed by atoms with van der Waals surface area (Å²) in [5.41, 5.74) is -1.21. The lowest BCUT2D eigenvalue weighted by atomic mass is 10.1. The predicted molar refractivity (Wildman–Crippen MR) is 57.8 cm³/mol. The highest BCUT2D eigenvalue weighted by Crippen LogP contribution is 2.25. The lowest BCUT2D eigenvalue weighted by molar-refractivity contribution is 0.0694. The summed E-state index contributed by atoms with van der Waals surface area (Å²) in [6.45, 7) is 0. The van der Waals surface area contributed by atoms with Gasteiger partial charge >= 0.3 is 5.97 Å². The fourth-order valence-corrected chi connectivity index (χ4v) is 3.53. The lowest BCUT2D eigenvalue weighted by Gasteiger charge is -2.06. The molecule has 92 valence electrons. The Labute approximate surface area is 96.4 Å². The zero-order chi connectivity index (χ0) is 12.6. The van der Waals surface area contributed by atoms with Gasteiger partial charge in [0.2, 0.25) is 0 Å². The Kier molecular flexibility index (Phi) is 2.74. The summed E-state index contributed by atoms with van der Waals surface area (Å²) < 4.78 is 22.5. The molecule has 0 amide bonds. The van der Waals surface area contributed by atoms with Crippen LogP contribution in [0.3, 0.4) is 0 Å². The maximum atomic E-state index is 11.4. The Morgan fingerprint density at radius 1 is 1.53 bits per heavy atom. The van der Waals surface area contributed by atoms with Crippen molar-refractivity contribution in [3.8, 4) is 0 Å². The molecular formula is C9H10N2O5S. The zero-order valence-electron chi connectivity index (χ0n) is 8.71. The van der Waals surface area contributed by atoms with E-state index < -0.39 is 26.9 Å². The molecule has 2 rings (SSSR count). The van der Waals surface area contributed by atoms with Gasteiger partial charge in [0.05, 0.1) is 11.5 Å². The summed E-state index contributed by atoms with van der Waals surface area (Å²) >= 11 is 0. The number of carbonyl (C=O) groups is 1. The van der Waals surface area contributed by atoms with Gasteiger partial charge in [-0.05, 0) is 6.42 Å². The maximum absolute atomic E-state index is 11.4. The molecular weight excluding hydrogens is 248 g/mol. The molecule has 0 aromatic carbocycles.